The minimum atomic E-state index is -0.586. The van der Waals surface area contributed by atoms with Crippen LogP contribution in [-0.2, 0) is 0 Å². The van der Waals surface area contributed by atoms with E-state index in [9.17, 15) is 9.18 Å². The predicted octanol–water partition coefficient (Wildman–Crippen LogP) is 4.19. The van der Waals surface area contributed by atoms with Crippen LogP contribution < -0.4 is 11.1 Å². The zero-order valence-corrected chi connectivity index (χ0v) is 12.8. The fraction of sp³-hybridized carbons (Fsp3) is 0. The maximum Gasteiger partial charge on any atom is 0.259 e. The molecule has 0 fully saturated rings. The maximum absolute atomic E-state index is 13.6. The quantitative estimate of drug-likeness (QED) is 0.759. The van der Waals surface area contributed by atoms with Crippen LogP contribution in [0.3, 0.4) is 0 Å². The van der Waals surface area contributed by atoms with Gasteiger partial charge in [0.25, 0.3) is 5.91 Å². The highest BCUT2D eigenvalue weighted by Gasteiger charge is 2.15. The Morgan fingerprint density at radius 1 is 1.16 bits per heavy atom. The molecule has 1 amide bonds. The molecule has 3 nitrogen and oxygen atoms in total. The van der Waals surface area contributed by atoms with Crippen LogP contribution in [0.25, 0.3) is 0 Å². The van der Waals surface area contributed by atoms with Gasteiger partial charge >= 0.3 is 0 Å². The van der Waals surface area contributed by atoms with Crippen molar-refractivity contribution in [1.82, 2.24) is 0 Å². The molecule has 0 bridgehead atoms. The van der Waals surface area contributed by atoms with E-state index in [1.165, 1.54) is 12.1 Å². The summed E-state index contributed by atoms with van der Waals surface area (Å²) in [5, 5.41) is 2.60. The van der Waals surface area contributed by atoms with Gasteiger partial charge in [-0.2, -0.15) is 0 Å². The van der Waals surface area contributed by atoms with Crippen molar-refractivity contribution in [3.63, 3.8) is 0 Å². The summed E-state index contributed by atoms with van der Waals surface area (Å²) < 4.78 is 14.8. The Morgan fingerprint density at radius 2 is 1.89 bits per heavy atom. The van der Waals surface area contributed by atoms with E-state index in [1.807, 2.05) is 0 Å². The number of nitrogens with two attached hydrogens (primary N) is 1. The van der Waals surface area contributed by atoms with E-state index in [-0.39, 0.29) is 5.56 Å². The summed E-state index contributed by atoms with van der Waals surface area (Å²) in [6.07, 6.45) is 0. The molecule has 0 saturated heterocycles. The lowest BCUT2D eigenvalue weighted by molar-refractivity contribution is 0.102. The largest absolute Gasteiger partial charge is 0.398 e. The molecule has 0 atom stereocenters. The first kappa shape index (κ1) is 14.0. The second-order valence-corrected chi connectivity index (χ2v) is 5.50. The van der Waals surface area contributed by atoms with E-state index in [2.05, 4.69) is 37.2 Å². The van der Waals surface area contributed by atoms with E-state index < -0.39 is 11.7 Å². The van der Waals surface area contributed by atoms with Gasteiger partial charge in [-0.25, -0.2) is 4.39 Å². The van der Waals surface area contributed by atoms with E-state index in [0.717, 1.165) is 4.47 Å². The molecule has 6 heteroatoms. The van der Waals surface area contributed by atoms with Crippen molar-refractivity contribution in [3.8, 4) is 0 Å². The first-order valence-electron chi connectivity index (χ1n) is 5.29. The highest BCUT2D eigenvalue weighted by atomic mass is 79.9. The molecule has 98 valence electrons. The number of benzene rings is 2. The van der Waals surface area contributed by atoms with E-state index in [0.29, 0.717) is 15.8 Å². The van der Waals surface area contributed by atoms with Crippen molar-refractivity contribution in [3.05, 3.63) is 56.7 Å². The third-order valence-corrected chi connectivity index (χ3v) is 3.83. The highest BCUT2D eigenvalue weighted by molar-refractivity contribution is 9.11. The van der Waals surface area contributed by atoms with Gasteiger partial charge in [-0.3, -0.25) is 4.79 Å². The van der Waals surface area contributed by atoms with E-state index in [4.69, 9.17) is 5.73 Å². The number of hydrogen-bond donors (Lipinski definition) is 2. The molecule has 0 saturated carbocycles. The number of carbonyl (C=O) groups is 1. The number of nitrogens with one attached hydrogen (secondary N) is 1. The van der Waals surface area contributed by atoms with Gasteiger partial charge in [0, 0.05) is 20.3 Å². The first-order chi connectivity index (χ1) is 8.99. The number of amides is 1. The molecule has 2 rings (SSSR count). The van der Waals surface area contributed by atoms with Crippen molar-refractivity contribution >= 4 is 49.1 Å². The summed E-state index contributed by atoms with van der Waals surface area (Å²) in [5.41, 5.74) is 6.67. The fourth-order valence-electron chi connectivity index (χ4n) is 1.53. The molecule has 0 unspecified atom stereocenters. The Bertz CT molecular complexity index is 626. The number of carbonyl (C=O) groups excluding carboxylic acids is 1. The molecule has 2 aromatic rings. The van der Waals surface area contributed by atoms with Crippen molar-refractivity contribution in [1.29, 1.82) is 0 Å². The number of rotatable bonds is 2. The number of hydrogen-bond acceptors (Lipinski definition) is 2. The van der Waals surface area contributed by atoms with Crippen molar-refractivity contribution in [2.75, 3.05) is 11.1 Å². The van der Waals surface area contributed by atoms with Crippen LogP contribution >= 0.6 is 31.9 Å². The summed E-state index contributed by atoms with van der Waals surface area (Å²) in [7, 11) is 0. The van der Waals surface area contributed by atoms with Gasteiger partial charge in [-0.05, 0) is 62.2 Å². The zero-order valence-electron chi connectivity index (χ0n) is 9.58. The lowest BCUT2D eigenvalue weighted by atomic mass is 10.2. The van der Waals surface area contributed by atoms with E-state index in [1.54, 1.807) is 24.3 Å². The van der Waals surface area contributed by atoms with Gasteiger partial charge in [-0.15, -0.1) is 0 Å². The third-order valence-electron chi connectivity index (χ3n) is 2.44. The zero-order chi connectivity index (χ0) is 14.0. The molecule has 3 N–H and O–H groups in total. The van der Waals surface area contributed by atoms with Crippen molar-refractivity contribution < 1.29 is 9.18 Å². The topological polar surface area (TPSA) is 55.1 Å². The summed E-state index contributed by atoms with van der Waals surface area (Å²) in [6.45, 7) is 0. The molecule has 0 aliphatic rings. The third kappa shape index (κ3) is 3.13. The normalized spacial score (nSPS) is 10.3. The van der Waals surface area contributed by atoms with Crippen LogP contribution in [0.5, 0.6) is 0 Å². The van der Waals surface area contributed by atoms with Crippen LogP contribution in [0.15, 0.2) is 45.3 Å². The minimum Gasteiger partial charge on any atom is -0.398 e. The highest BCUT2D eigenvalue weighted by Crippen LogP contribution is 2.25. The Kier molecular flexibility index (Phi) is 4.21. The molecule has 0 spiro atoms. The monoisotopic (exact) mass is 386 g/mol. The van der Waals surface area contributed by atoms with Crippen molar-refractivity contribution in [2.45, 2.75) is 0 Å². The summed E-state index contributed by atoms with van der Waals surface area (Å²) in [6, 6.07) is 9.34. The molecular weight excluding hydrogens is 379 g/mol. The SMILES string of the molecule is Nc1cc(NC(=O)c2c(F)cccc2Br)ccc1Br. The minimum absolute atomic E-state index is 0.0380. The molecule has 2 aromatic carbocycles. The van der Waals surface area contributed by atoms with Crippen molar-refractivity contribution in [2.24, 2.45) is 0 Å². The second-order valence-electron chi connectivity index (χ2n) is 3.79. The first-order valence-corrected chi connectivity index (χ1v) is 6.88. The molecule has 0 aromatic heterocycles. The summed E-state index contributed by atoms with van der Waals surface area (Å²) in [4.78, 5) is 12.0. The summed E-state index contributed by atoms with van der Waals surface area (Å²) in [5.74, 6) is -1.12. The number of anilines is 2. The van der Waals surface area contributed by atoms with Crippen LogP contribution in [0.2, 0.25) is 0 Å². The van der Waals surface area contributed by atoms with Gasteiger partial charge < -0.3 is 11.1 Å². The molecular formula is C13H9Br2FN2O. The fourth-order valence-corrected chi connectivity index (χ4v) is 2.30. The van der Waals surface area contributed by atoms with Crippen LogP contribution in [0.4, 0.5) is 15.8 Å². The predicted molar refractivity (Wildman–Crippen MR) is 80.6 cm³/mol. The smallest absolute Gasteiger partial charge is 0.259 e. The Morgan fingerprint density at radius 3 is 2.53 bits per heavy atom. The van der Waals surface area contributed by atoms with E-state index >= 15 is 0 Å². The second kappa shape index (κ2) is 5.71. The lowest BCUT2D eigenvalue weighted by Gasteiger charge is -2.09. The van der Waals surface area contributed by atoms with Gasteiger partial charge in [0.2, 0.25) is 0 Å². The van der Waals surface area contributed by atoms with Crippen LogP contribution in [-0.4, -0.2) is 5.91 Å². The Hall–Kier alpha value is -1.40. The molecule has 19 heavy (non-hydrogen) atoms. The Balaban J connectivity index is 2.28. The lowest BCUT2D eigenvalue weighted by Crippen LogP contribution is -2.14. The molecule has 0 aliphatic carbocycles. The Labute approximate surface area is 126 Å². The maximum atomic E-state index is 13.6. The average molecular weight is 388 g/mol. The summed E-state index contributed by atoms with van der Waals surface area (Å²) >= 11 is 6.41. The average Bonchev–Trinajstić information content (AvgIpc) is 2.33. The van der Waals surface area contributed by atoms with Gasteiger partial charge in [0.05, 0.1) is 5.56 Å². The van der Waals surface area contributed by atoms with Crippen LogP contribution in [0, 0.1) is 5.82 Å². The molecule has 0 radical (unpaired) electrons. The van der Waals surface area contributed by atoms with Gasteiger partial charge in [0.1, 0.15) is 5.82 Å². The standard InChI is InChI=1S/C13H9Br2FN2O/c14-8-5-4-7(6-11(8)17)18-13(19)12-9(15)2-1-3-10(12)16/h1-6H,17H2,(H,18,19). The molecule has 0 heterocycles. The number of nitrogen functional groups attached to an aromatic ring is 1. The van der Waals surface area contributed by atoms with Gasteiger partial charge in [-0.1, -0.05) is 6.07 Å². The molecule has 0 aliphatic heterocycles. The van der Waals surface area contributed by atoms with Gasteiger partial charge in [0.15, 0.2) is 0 Å². The number of halogens is 3. The van der Waals surface area contributed by atoms with Crippen LogP contribution in [0.1, 0.15) is 10.4 Å².